The highest BCUT2D eigenvalue weighted by Crippen LogP contribution is 2.23. The summed E-state index contributed by atoms with van der Waals surface area (Å²) in [5, 5.41) is 10.1. The molecule has 0 radical (unpaired) electrons. The van der Waals surface area contributed by atoms with Gasteiger partial charge in [0.1, 0.15) is 11.6 Å². The quantitative estimate of drug-likeness (QED) is 0.888. The van der Waals surface area contributed by atoms with Crippen molar-refractivity contribution < 1.29 is 5.11 Å². The Balaban J connectivity index is 1.62. The zero-order valence-electron chi connectivity index (χ0n) is 12.6. The number of anilines is 1. The fourth-order valence-electron chi connectivity index (χ4n) is 2.75. The van der Waals surface area contributed by atoms with Crippen LogP contribution in [0, 0.1) is 6.92 Å². The van der Waals surface area contributed by atoms with Crippen LogP contribution in [0.1, 0.15) is 11.1 Å². The average molecular weight is 300 g/mol. The van der Waals surface area contributed by atoms with Crippen LogP contribution in [-0.2, 0) is 6.54 Å². The fraction of sp³-hybridized carbons (Fsp3) is 0.375. The molecule has 0 aliphatic carbocycles. The molecule has 0 atom stereocenters. The summed E-state index contributed by atoms with van der Waals surface area (Å²) < 4.78 is 0. The van der Waals surface area contributed by atoms with Gasteiger partial charge in [0, 0.05) is 44.4 Å². The summed E-state index contributed by atoms with van der Waals surface area (Å²) in [6.45, 7) is 6.05. The highest BCUT2D eigenvalue weighted by atomic mass is 16.3. The first-order valence-electron chi connectivity index (χ1n) is 7.43. The van der Waals surface area contributed by atoms with Crippen LogP contribution in [0.4, 0.5) is 5.82 Å². The Kier molecular flexibility index (Phi) is 4.11. The number of aryl methyl sites for hydroxylation is 1. The van der Waals surface area contributed by atoms with E-state index in [1.54, 1.807) is 0 Å². The van der Waals surface area contributed by atoms with Gasteiger partial charge in [0.05, 0.1) is 6.33 Å². The first kappa shape index (κ1) is 14.6. The molecule has 2 aromatic rings. The highest BCUT2D eigenvalue weighted by Gasteiger charge is 2.19. The zero-order valence-corrected chi connectivity index (χ0v) is 12.6. The summed E-state index contributed by atoms with van der Waals surface area (Å²) in [4.78, 5) is 22.5. The Labute approximate surface area is 129 Å². The van der Waals surface area contributed by atoms with E-state index >= 15 is 0 Å². The van der Waals surface area contributed by atoms with E-state index in [1.165, 1.54) is 12.4 Å². The lowest BCUT2D eigenvalue weighted by atomic mass is 10.1. The lowest BCUT2D eigenvalue weighted by Crippen LogP contribution is -2.46. The summed E-state index contributed by atoms with van der Waals surface area (Å²) in [5.74, 6) is 1.11. The number of benzene rings is 1. The van der Waals surface area contributed by atoms with Crippen molar-refractivity contribution >= 4 is 5.82 Å². The first-order chi connectivity index (χ1) is 10.6. The van der Waals surface area contributed by atoms with E-state index in [1.807, 2.05) is 25.1 Å². The third-order valence-electron chi connectivity index (χ3n) is 4.08. The number of H-pyrrole nitrogens is 1. The standard InChI is InChI=1S/C16H20N4O2/c1-12-3-2-4-13(16(12)22)10-19-5-7-20(8-6-19)14-9-15(21)18-11-17-14/h2-4,9,11,22H,5-8,10H2,1H3,(H,17,18,21). The van der Waals surface area contributed by atoms with Gasteiger partial charge in [-0.15, -0.1) is 0 Å². The van der Waals surface area contributed by atoms with E-state index in [2.05, 4.69) is 19.8 Å². The van der Waals surface area contributed by atoms with E-state index in [0.29, 0.717) is 5.75 Å². The normalized spacial score (nSPS) is 16.0. The van der Waals surface area contributed by atoms with Gasteiger partial charge in [-0.1, -0.05) is 18.2 Å². The molecule has 22 heavy (non-hydrogen) atoms. The van der Waals surface area contributed by atoms with Crippen molar-refractivity contribution in [2.75, 3.05) is 31.1 Å². The van der Waals surface area contributed by atoms with Gasteiger partial charge in [-0.05, 0) is 12.5 Å². The smallest absolute Gasteiger partial charge is 0.252 e. The van der Waals surface area contributed by atoms with Crippen LogP contribution in [-0.4, -0.2) is 46.2 Å². The summed E-state index contributed by atoms with van der Waals surface area (Å²) in [7, 11) is 0. The molecule has 2 heterocycles. The predicted octanol–water partition coefficient (Wildman–Crippen LogP) is 1.11. The molecule has 0 bridgehead atoms. The Morgan fingerprint density at radius 1 is 1.27 bits per heavy atom. The van der Waals surface area contributed by atoms with Crippen molar-refractivity contribution in [3.05, 3.63) is 52.1 Å². The van der Waals surface area contributed by atoms with Gasteiger partial charge in [-0.2, -0.15) is 0 Å². The molecule has 116 valence electrons. The van der Waals surface area contributed by atoms with E-state index in [-0.39, 0.29) is 5.56 Å². The van der Waals surface area contributed by atoms with E-state index in [4.69, 9.17) is 0 Å². The number of hydrogen-bond donors (Lipinski definition) is 2. The lowest BCUT2D eigenvalue weighted by molar-refractivity contribution is 0.246. The zero-order chi connectivity index (χ0) is 15.5. The molecule has 6 heteroatoms. The maximum absolute atomic E-state index is 11.3. The van der Waals surface area contributed by atoms with Gasteiger partial charge < -0.3 is 15.0 Å². The minimum absolute atomic E-state index is 0.128. The molecule has 2 N–H and O–H groups in total. The molecule has 3 rings (SSSR count). The molecule has 0 saturated carbocycles. The predicted molar refractivity (Wildman–Crippen MR) is 85.2 cm³/mol. The van der Waals surface area contributed by atoms with Gasteiger partial charge in [0.15, 0.2) is 0 Å². The Hall–Kier alpha value is -2.34. The van der Waals surface area contributed by atoms with Crippen molar-refractivity contribution in [2.24, 2.45) is 0 Å². The van der Waals surface area contributed by atoms with Gasteiger partial charge in [-0.25, -0.2) is 4.98 Å². The summed E-state index contributed by atoms with van der Waals surface area (Å²) in [6, 6.07) is 7.38. The number of aromatic amines is 1. The van der Waals surface area contributed by atoms with Crippen LogP contribution < -0.4 is 10.5 Å². The number of aromatic nitrogens is 2. The Morgan fingerprint density at radius 2 is 2.05 bits per heavy atom. The molecule has 1 aliphatic rings. The van der Waals surface area contributed by atoms with Gasteiger partial charge in [-0.3, -0.25) is 9.69 Å². The van der Waals surface area contributed by atoms with Crippen molar-refractivity contribution in [1.29, 1.82) is 0 Å². The molecule has 0 unspecified atom stereocenters. The number of phenols is 1. The molecular formula is C16H20N4O2. The van der Waals surface area contributed by atoms with Crippen molar-refractivity contribution in [2.45, 2.75) is 13.5 Å². The SMILES string of the molecule is Cc1cccc(CN2CCN(c3cc(=O)[nH]cn3)CC2)c1O. The molecule has 0 amide bonds. The number of nitrogens with zero attached hydrogens (tertiary/aromatic N) is 3. The molecule has 0 spiro atoms. The van der Waals surface area contributed by atoms with E-state index in [0.717, 1.165) is 49.7 Å². The number of para-hydroxylation sites is 1. The van der Waals surface area contributed by atoms with Gasteiger partial charge in [0.2, 0.25) is 0 Å². The third-order valence-corrected chi connectivity index (χ3v) is 4.08. The third kappa shape index (κ3) is 3.12. The summed E-state index contributed by atoms with van der Waals surface area (Å²) in [5.41, 5.74) is 1.74. The number of nitrogens with one attached hydrogen (secondary N) is 1. The molecule has 1 saturated heterocycles. The van der Waals surface area contributed by atoms with Gasteiger partial charge in [0.25, 0.3) is 5.56 Å². The maximum Gasteiger partial charge on any atom is 0.252 e. The number of rotatable bonds is 3. The van der Waals surface area contributed by atoms with Crippen molar-refractivity contribution in [3.8, 4) is 5.75 Å². The topological polar surface area (TPSA) is 72.5 Å². The molecule has 1 fully saturated rings. The Bertz CT molecular complexity index is 705. The van der Waals surface area contributed by atoms with Gasteiger partial charge >= 0.3 is 0 Å². The molecule has 1 aromatic heterocycles. The van der Waals surface area contributed by atoms with Crippen LogP contribution in [0.15, 0.2) is 35.4 Å². The Morgan fingerprint density at radius 3 is 2.77 bits per heavy atom. The van der Waals surface area contributed by atoms with Crippen LogP contribution in [0.2, 0.25) is 0 Å². The van der Waals surface area contributed by atoms with E-state index in [9.17, 15) is 9.90 Å². The largest absolute Gasteiger partial charge is 0.507 e. The van der Waals surface area contributed by atoms with Crippen LogP contribution in [0.5, 0.6) is 5.75 Å². The fourth-order valence-corrected chi connectivity index (χ4v) is 2.75. The molecule has 1 aliphatic heterocycles. The van der Waals surface area contributed by atoms with Crippen LogP contribution in [0.3, 0.4) is 0 Å². The highest BCUT2D eigenvalue weighted by molar-refractivity contribution is 5.40. The van der Waals surface area contributed by atoms with Crippen molar-refractivity contribution in [1.82, 2.24) is 14.9 Å². The minimum Gasteiger partial charge on any atom is -0.507 e. The first-order valence-corrected chi connectivity index (χ1v) is 7.43. The van der Waals surface area contributed by atoms with Crippen molar-refractivity contribution in [3.63, 3.8) is 0 Å². The monoisotopic (exact) mass is 300 g/mol. The molecule has 6 nitrogen and oxygen atoms in total. The second-order valence-corrected chi connectivity index (χ2v) is 5.62. The average Bonchev–Trinajstić information content (AvgIpc) is 2.53. The lowest BCUT2D eigenvalue weighted by Gasteiger charge is -2.35. The van der Waals surface area contributed by atoms with Crippen LogP contribution >= 0.6 is 0 Å². The summed E-state index contributed by atoms with van der Waals surface area (Å²) in [6.07, 6.45) is 1.44. The maximum atomic E-state index is 11.3. The number of piperazine rings is 1. The number of aromatic hydroxyl groups is 1. The van der Waals surface area contributed by atoms with E-state index < -0.39 is 0 Å². The number of hydrogen-bond acceptors (Lipinski definition) is 5. The molecular weight excluding hydrogens is 280 g/mol. The number of phenolic OH excluding ortho intramolecular Hbond substituents is 1. The second kappa shape index (κ2) is 6.19. The minimum atomic E-state index is -0.128. The molecule has 1 aromatic carbocycles. The second-order valence-electron chi connectivity index (χ2n) is 5.62. The summed E-state index contributed by atoms with van der Waals surface area (Å²) >= 11 is 0. The van der Waals surface area contributed by atoms with Crippen LogP contribution in [0.25, 0.3) is 0 Å².